The fourth-order valence-electron chi connectivity index (χ4n) is 23.0. The van der Waals surface area contributed by atoms with E-state index in [1.54, 1.807) is 60.1 Å². The number of hydrogen-bond acceptors (Lipinski definition) is 17. The molecule has 139 heavy (non-hydrogen) atoms. The van der Waals surface area contributed by atoms with Crippen LogP contribution >= 0.6 is 0 Å². The van der Waals surface area contributed by atoms with Crippen molar-refractivity contribution in [2.45, 2.75) is 174 Å². The van der Waals surface area contributed by atoms with Crippen LogP contribution in [-0.2, 0) is 29.1 Å². The zero-order valence-electron chi connectivity index (χ0n) is 81.2. The monoisotopic (exact) mass is 1900 g/mol. The maximum absolute atomic E-state index is 14.4. The number of carbonyl (C=O) groups is 3. The Bertz CT molecular complexity index is 5870. The van der Waals surface area contributed by atoms with Gasteiger partial charge in [0.15, 0.2) is 0 Å². The minimum atomic E-state index is -3.96. The fraction of sp³-hybridized carbons (Fsp3) is 0.431. The molecule has 0 radical (unpaired) electrons. The Morgan fingerprint density at radius 1 is 0.403 bits per heavy atom. The number of sulfonamides is 1. The molecule has 2 aliphatic carbocycles. The third kappa shape index (κ3) is 22.3. The van der Waals surface area contributed by atoms with Gasteiger partial charge in [-0.25, -0.2) is 12.8 Å². The van der Waals surface area contributed by atoms with Crippen LogP contribution in [0.2, 0.25) is 0 Å². The number of aliphatic hydroxyl groups is 2. The van der Waals surface area contributed by atoms with E-state index < -0.39 is 15.8 Å². The molecule has 9 heterocycles. The Kier molecular flexibility index (Phi) is 33.4. The van der Waals surface area contributed by atoms with E-state index in [4.69, 9.17) is 23.7 Å². The zero-order chi connectivity index (χ0) is 96.5. The van der Waals surface area contributed by atoms with Crippen molar-refractivity contribution in [3.05, 3.63) is 304 Å². The first-order chi connectivity index (χ1) is 68.0. The Balaban J connectivity index is 0.000000128. The number of nitrogens with zero attached hydrogens (tertiary/aromatic N) is 9. The summed E-state index contributed by atoms with van der Waals surface area (Å²) in [4.78, 5) is 59.4. The molecule has 1 aromatic heterocycles. The Hall–Kier alpha value is -11.4. The minimum absolute atomic E-state index is 0.00276. The quantitative estimate of drug-likeness (QED) is 0.0679. The second-order valence-electron chi connectivity index (χ2n) is 38.8. The summed E-state index contributed by atoms with van der Waals surface area (Å²) < 4.78 is 70.3. The first-order valence-corrected chi connectivity index (χ1v) is 51.6. The van der Waals surface area contributed by atoms with Crippen molar-refractivity contribution in [2.75, 3.05) is 141 Å². The van der Waals surface area contributed by atoms with E-state index in [0.29, 0.717) is 86.1 Å². The first kappa shape index (κ1) is 99.2. The molecule has 8 saturated heterocycles. The average Bonchev–Trinajstić information content (AvgIpc) is 0.734. The molecule has 3 amide bonds. The van der Waals surface area contributed by atoms with Gasteiger partial charge in [0, 0.05) is 180 Å². The molecule has 10 aliphatic rings. The van der Waals surface area contributed by atoms with Crippen LogP contribution in [-0.4, -0.2) is 269 Å². The number of halogens is 1. The Morgan fingerprint density at radius 3 is 1.26 bits per heavy atom. The second-order valence-corrected chi connectivity index (χ2v) is 40.7. The van der Waals surface area contributed by atoms with Crippen LogP contribution in [0, 0.1) is 48.3 Å². The molecule has 0 bridgehead atoms. The highest BCUT2D eigenvalue weighted by molar-refractivity contribution is 7.89. The molecule has 21 nitrogen and oxygen atoms in total. The van der Waals surface area contributed by atoms with Crippen LogP contribution in [0.15, 0.2) is 248 Å². The van der Waals surface area contributed by atoms with Crippen LogP contribution in [0.1, 0.15) is 174 Å². The fourth-order valence-corrected chi connectivity index (χ4v) is 24.5. The number of aliphatic hydroxyl groups excluding tert-OH is 2. The largest absolute Gasteiger partial charge is 0.496 e. The van der Waals surface area contributed by atoms with E-state index in [-0.39, 0.29) is 78.4 Å². The summed E-state index contributed by atoms with van der Waals surface area (Å²) in [6.07, 6.45) is 18.0. The van der Waals surface area contributed by atoms with Crippen LogP contribution in [0.25, 0.3) is 22.3 Å². The van der Waals surface area contributed by atoms with Gasteiger partial charge in [0.1, 0.15) is 28.0 Å². The zero-order valence-corrected chi connectivity index (χ0v) is 82.0. The molecule has 2 saturated carbocycles. The maximum Gasteiger partial charge on any atom is 0.255 e. The van der Waals surface area contributed by atoms with Gasteiger partial charge in [-0.3, -0.25) is 39.0 Å². The van der Waals surface area contributed by atoms with Gasteiger partial charge in [0.05, 0.1) is 64.4 Å². The Labute approximate surface area is 821 Å². The van der Waals surface area contributed by atoms with Crippen LogP contribution in [0.3, 0.4) is 0 Å². The number of rotatable bonds is 20. The molecule has 8 aliphatic heterocycles. The maximum atomic E-state index is 14.4. The molecular formula is C116H134FN9O12S. The van der Waals surface area contributed by atoms with Crippen LogP contribution in [0.4, 0.5) is 4.39 Å². The molecule has 0 spiro atoms. The molecule has 9 aromatic carbocycles. The second kappa shape index (κ2) is 46.8. The molecular weight excluding hydrogens is 1760 g/mol. The number of aryl methyl sites for hydroxylation is 1. The van der Waals surface area contributed by atoms with Gasteiger partial charge in [-0.2, -0.15) is 4.31 Å². The van der Waals surface area contributed by atoms with Crippen molar-refractivity contribution in [1.29, 1.82) is 0 Å². The number of para-hydroxylation sites is 3. The molecule has 23 heteroatoms. The molecule has 728 valence electrons. The van der Waals surface area contributed by atoms with Crippen molar-refractivity contribution in [3.8, 4) is 63.2 Å². The summed E-state index contributed by atoms with van der Waals surface area (Å²) in [6.45, 7) is 13.1. The predicted molar refractivity (Wildman–Crippen MR) is 542 cm³/mol. The number of pyridine rings is 1. The van der Waals surface area contributed by atoms with Gasteiger partial charge < -0.3 is 48.6 Å². The number of methoxy groups -OCH3 is 5. The summed E-state index contributed by atoms with van der Waals surface area (Å²) in [7, 11) is 4.65. The van der Waals surface area contributed by atoms with Crippen LogP contribution < -0.4 is 14.2 Å². The van der Waals surface area contributed by atoms with Gasteiger partial charge in [0.25, 0.3) is 5.91 Å². The first-order valence-electron chi connectivity index (χ1n) is 50.1. The highest BCUT2D eigenvalue weighted by atomic mass is 32.2. The number of hydrogen-bond donors (Lipinski definition) is 2. The summed E-state index contributed by atoms with van der Waals surface area (Å²) in [5, 5.41) is 20.4. The highest BCUT2D eigenvalue weighted by Gasteiger charge is 2.55. The number of fused-ring (bicyclic) bond motifs is 4. The molecule has 20 rings (SSSR count). The molecule has 10 fully saturated rings. The van der Waals surface area contributed by atoms with Crippen molar-refractivity contribution < 1.29 is 61.1 Å². The minimum Gasteiger partial charge on any atom is -0.496 e. The normalized spacial score (nSPS) is 23.9. The number of ether oxygens (including phenoxy) is 5. The van der Waals surface area contributed by atoms with Gasteiger partial charge in [-0.05, 0) is 228 Å². The lowest BCUT2D eigenvalue weighted by Gasteiger charge is -2.57. The van der Waals surface area contributed by atoms with Gasteiger partial charge in [-0.15, -0.1) is 0 Å². The molecule has 12 atom stereocenters. The third-order valence-electron chi connectivity index (χ3n) is 30.8. The number of aromatic nitrogens is 1. The number of amides is 3. The molecule has 0 unspecified atom stereocenters. The SMILES string of the molecule is COC[C@H]1[C@@H](c2ccc(C#Cc3ccccc3OC)cc2)[C@H]2CN(C(=O)C3CCC3)CCCCN21.COC[C@H]1[C@H](c2ccc(C#Cc3ccccc3OC)cc2)[C@@H]2CN(C(=O)C3CCC3)CCCCN12.COc1ccccc1-c1ccc([C@H]2[C@@H](CO)N3CCCCN(C(=O)c4cccnc4)C[C@H]23)cc1.Cc1cccc(-c2ccc([C@@H]3[C@@H](CO)N4CCCCN(S(=O)(=O)c5ccccc5F)C[C@@H]34)cc2)c1. The van der Waals surface area contributed by atoms with Gasteiger partial charge in [-0.1, -0.05) is 194 Å². The van der Waals surface area contributed by atoms with Crippen molar-refractivity contribution in [1.82, 2.24) is 43.6 Å². The summed E-state index contributed by atoms with van der Waals surface area (Å²) in [6, 6.07) is 77.1. The summed E-state index contributed by atoms with van der Waals surface area (Å²) in [5.74, 6) is 17.0. The van der Waals surface area contributed by atoms with E-state index >= 15 is 0 Å². The van der Waals surface area contributed by atoms with E-state index in [0.717, 1.165) is 197 Å². The number of benzene rings is 9. The van der Waals surface area contributed by atoms with Crippen LogP contribution in [0.5, 0.6) is 17.2 Å². The summed E-state index contributed by atoms with van der Waals surface area (Å²) >= 11 is 0. The van der Waals surface area contributed by atoms with Crippen molar-refractivity contribution in [2.24, 2.45) is 11.8 Å². The Morgan fingerprint density at radius 2 is 0.813 bits per heavy atom. The van der Waals surface area contributed by atoms with E-state index in [1.165, 1.54) is 57.6 Å². The molecule has 10 aromatic rings. The van der Waals surface area contributed by atoms with E-state index in [9.17, 15) is 37.4 Å². The van der Waals surface area contributed by atoms with E-state index in [2.05, 4.69) is 186 Å². The lowest BCUT2D eigenvalue weighted by Crippen LogP contribution is -2.68. The van der Waals surface area contributed by atoms with E-state index in [1.807, 2.05) is 83.8 Å². The van der Waals surface area contributed by atoms with Crippen molar-refractivity contribution >= 4 is 27.7 Å². The predicted octanol–water partition coefficient (Wildman–Crippen LogP) is 16.8. The van der Waals surface area contributed by atoms with Crippen molar-refractivity contribution in [3.63, 3.8) is 0 Å². The topological polar surface area (TPSA) is 211 Å². The average molecular weight is 1900 g/mol. The lowest BCUT2D eigenvalue weighted by molar-refractivity contribution is -0.144. The summed E-state index contributed by atoms with van der Waals surface area (Å²) in [5.41, 5.74) is 14.9. The standard InChI is InChI=1S/2C30H36N2O3.C28H31FN2O3S.C28H31N3O3/c2*1-34-21-27-29(26-20-31(18-5-6-19-32(26)27)30(33)25-9-7-10-25)24-16-13-22(14-17-24)12-15-23-8-3-4-11-28(23)35-2;1-20-7-6-8-23(17-20)21-11-13-22(14-12-21)28-25-18-30(15-4-5-16-31(25)26(28)19-32)35(33,34)27-10-3-2-9-24(27)29;1-34-26-9-3-2-8-23(26)20-10-12-21(13-11-20)27-24-18-30(28(33)22-7-6-14-29-17-22)15-4-5-16-31(24)25(27)19-32/h2*3-4,8,11,13-14,16-17,25-27,29H,5-7,9-10,18-21H2,1-2H3;2-3,6-14,17,25-26,28,32H,4-5,15-16,18-19H2,1H3;2-3,6-14,17,24-25,27,32H,4-5,15-16,18-19H2,1H3/t26-,27+,29+;26-,27-,29+;25-,26+,28-;24-,25-,27-/m1001/s1. The number of carbonyl (C=O) groups excluding carboxylic acids is 3. The smallest absolute Gasteiger partial charge is 0.255 e. The van der Waals surface area contributed by atoms with Gasteiger partial charge in [0.2, 0.25) is 21.8 Å². The lowest BCUT2D eigenvalue weighted by atomic mass is 9.74. The van der Waals surface area contributed by atoms with Gasteiger partial charge >= 0.3 is 0 Å². The third-order valence-corrected chi connectivity index (χ3v) is 32.7. The highest BCUT2D eigenvalue weighted by Crippen LogP contribution is 2.49. The molecule has 2 N–H and O–H groups in total.